The summed E-state index contributed by atoms with van der Waals surface area (Å²) in [5, 5.41) is 5.33. The largest absolute Gasteiger partial charge is 0.339 e. The van der Waals surface area contributed by atoms with Gasteiger partial charge in [0.25, 0.3) is 0 Å². The molecule has 1 aliphatic carbocycles. The molecule has 0 radical (unpaired) electrons. The van der Waals surface area contributed by atoms with Crippen LogP contribution in [0.5, 0.6) is 0 Å². The van der Waals surface area contributed by atoms with Crippen molar-refractivity contribution in [3.8, 4) is 0 Å². The molecular formula is C15H25N3OS2. The SMILES string of the molecule is CCC1SCCSC1c1noc(C2CCCCC2CN)n1. The second kappa shape index (κ2) is 7.38. The van der Waals surface area contributed by atoms with E-state index in [1.54, 1.807) is 0 Å². The lowest BCUT2D eigenvalue weighted by Crippen LogP contribution is -2.25. The van der Waals surface area contributed by atoms with Crippen LogP contribution in [0, 0.1) is 5.92 Å². The lowest BCUT2D eigenvalue weighted by atomic mass is 9.79. The minimum Gasteiger partial charge on any atom is -0.339 e. The second-order valence-corrected chi connectivity index (χ2v) is 8.58. The fraction of sp³-hybridized carbons (Fsp3) is 0.867. The van der Waals surface area contributed by atoms with Crippen molar-refractivity contribution in [3.05, 3.63) is 11.7 Å². The molecule has 4 unspecified atom stereocenters. The third-order valence-corrected chi connectivity index (χ3v) is 7.94. The van der Waals surface area contributed by atoms with Crippen LogP contribution in [0.25, 0.3) is 0 Å². The molecule has 1 saturated heterocycles. The molecule has 0 aromatic carbocycles. The summed E-state index contributed by atoms with van der Waals surface area (Å²) in [7, 11) is 0. The van der Waals surface area contributed by atoms with Gasteiger partial charge in [-0.3, -0.25) is 0 Å². The molecule has 1 saturated carbocycles. The lowest BCUT2D eigenvalue weighted by Gasteiger charge is -2.28. The van der Waals surface area contributed by atoms with E-state index in [-0.39, 0.29) is 0 Å². The summed E-state index contributed by atoms with van der Waals surface area (Å²) in [6.45, 7) is 2.98. The molecule has 0 spiro atoms. The van der Waals surface area contributed by atoms with E-state index in [1.165, 1.54) is 37.2 Å². The van der Waals surface area contributed by atoms with Crippen LogP contribution in [0.1, 0.15) is 61.9 Å². The van der Waals surface area contributed by atoms with Crippen molar-refractivity contribution in [3.63, 3.8) is 0 Å². The zero-order chi connectivity index (χ0) is 14.7. The predicted molar refractivity (Wildman–Crippen MR) is 89.8 cm³/mol. The number of thioether (sulfide) groups is 2. The van der Waals surface area contributed by atoms with Gasteiger partial charge in [0.05, 0.1) is 5.25 Å². The summed E-state index contributed by atoms with van der Waals surface area (Å²) < 4.78 is 5.64. The number of rotatable bonds is 4. The topological polar surface area (TPSA) is 64.9 Å². The summed E-state index contributed by atoms with van der Waals surface area (Å²) >= 11 is 4.04. The third kappa shape index (κ3) is 3.42. The first kappa shape index (κ1) is 15.7. The lowest BCUT2D eigenvalue weighted by molar-refractivity contribution is 0.249. The minimum absolute atomic E-state index is 0.381. The Hall–Kier alpha value is -0.200. The Morgan fingerprint density at radius 1 is 1.24 bits per heavy atom. The molecule has 118 valence electrons. The fourth-order valence-corrected chi connectivity index (χ4v) is 6.45. The maximum Gasteiger partial charge on any atom is 0.230 e. The van der Waals surface area contributed by atoms with Crippen LogP contribution in [-0.2, 0) is 0 Å². The Labute approximate surface area is 135 Å². The third-order valence-electron chi connectivity index (χ3n) is 4.69. The van der Waals surface area contributed by atoms with E-state index in [1.807, 2.05) is 11.8 Å². The van der Waals surface area contributed by atoms with Gasteiger partial charge in [-0.05, 0) is 31.7 Å². The van der Waals surface area contributed by atoms with E-state index >= 15 is 0 Å². The van der Waals surface area contributed by atoms with Gasteiger partial charge in [-0.2, -0.15) is 16.7 Å². The average molecular weight is 328 g/mol. The molecule has 2 N–H and O–H groups in total. The quantitative estimate of drug-likeness (QED) is 0.911. The van der Waals surface area contributed by atoms with E-state index in [4.69, 9.17) is 15.2 Å². The van der Waals surface area contributed by atoms with Crippen molar-refractivity contribution in [1.29, 1.82) is 0 Å². The van der Waals surface area contributed by atoms with Gasteiger partial charge in [-0.15, -0.1) is 11.8 Å². The average Bonchev–Trinajstić information content (AvgIpc) is 3.04. The van der Waals surface area contributed by atoms with Crippen LogP contribution in [0.4, 0.5) is 0 Å². The molecule has 1 aliphatic heterocycles. The highest BCUT2D eigenvalue weighted by Crippen LogP contribution is 2.44. The second-order valence-electron chi connectivity index (χ2n) is 5.99. The normalized spacial score (nSPS) is 34.0. The fourth-order valence-electron chi connectivity index (χ4n) is 3.47. The molecule has 2 aliphatic rings. The highest BCUT2D eigenvalue weighted by atomic mass is 32.2. The van der Waals surface area contributed by atoms with Crippen LogP contribution in [0.15, 0.2) is 4.52 Å². The Bertz CT molecular complexity index is 415. The van der Waals surface area contributed by atoms with Crippen molar-refractivity contribution >= 4 is 23.5 Å². The zero-order valence-electron chi connectivity index (χ0n) is 12.7. The maximum absolute atomic E-state index is 5.93. The van der Waals surface area contributed by atoms with Crippen molar-refractivity contribution in [2.75, 3.05) is 18.1 Å². The minimum atomic E-state index is 0.381. The van der Waals surface area contributed by atoms with E-state index in [9.17, 15) is 0 Å². The Balaban J connectivity index is 1.75. The van der Waals surface area contributed by atoms with E-state index < -0.39 is 0 Å². The molecule has 1 aromatic heterocycles. The van der Waals surface area contributed by atoms with Crippen LogP contribution in [0.3, 0.4) is 0 Å². The number of hydrogen-bond donors (Lipinski definition) is 1. The van der Waals surface area contributed by atoms with Crippen LogP contribution >= 0.6 is 23.5 Å². The molecule has 1 aromatic rings. The molecule has 3 rings (SSSR count). The van der Waals surface area contributed by atoms with Crippen molar-refractivity contribution < 1.29 is 4.52 Å². The Morgan fingerprint density at radius 3 is 2.86 bits per heavy atom. The number of nitrogens with two attached hydrogens (primary N) is 1. The van der Waals surface area contributed by atoms with Gasteiger partial charge in [0, 0.05) is 22.7 Å². The number of nitrogens with zero attached hydrogens (tertiary/aromatic N) is 2. The maximum atomic E-state index is 5.93. The molecule has 2 fully saturated rings. The summed E-state index contributed by atoms with van der Waals surface area (Å²) in [6, 6.07) is 0. The first-order valence-corrected chi connectivity index (χ1v) is 10.2. The molecule has 2 heterocycles. The standard InChI is InChI=1S/C15H25N3OS2/c1-2-12-13(21-8-7-20-12)14-17-15(19-18-14)11-6-4-3-5-10(11)9-16/h10-13H,2-9,16H2,1H3. The molecule has 21 heavy (non-hydrogen) atoms. The summed E-state index contributed by atoms with van der Waals surface area (Å²) in [5.41, 5.74) is 5.93. The van der Waals surface area contributed by atoms with Crippen LogP contribution < -0.4 is 5.73 Å². The summed E-state index contributed by atoms with van der Waals surface area (Å²) in [4.78, 5) is 4.79. The number of hydrogen-bond acceptors (Lipinski definition) is 6. The van der Waals surface area contributed by atoms with E-state index in [2.05, 4.69) is 23.8 Å². The van der Waals surface area contributed by atoms with Gasteiger partial charge in [0.15, 0.2) is 5.82 Å². The van der Waals surface area contributed by atoms with Crippen molar-refractivity contribution in [2.24, 2.45) is 11.7 Å². The van der Waals surface area contributed by atoms with Gasteiger partial charge >= 0.3 is 0 Å². The van der Waals surface area contributed by atoms with Crippen molar-refractivity contribution in [1.82, 2.24) is 10.1 Å². The smallest absolute Gasteiger partial charge is 0.230 e. The molecule has 4 nitrogen and oxygen atoms in total. The first-order valence-electron chi connectivity index (χ1n) is 8.10. The zero-order valence-corrected chi connectivity index (χ0v) is 14.3. The molecule has 0 amide bonds. The highest BCUT2D eigenvalue weighted by molar-refractivity contribution is 8.06. The van der Waals surface area contributed by atoms with E-state index in [0.29, 0.717) is 22.3 Å². The summed E-state index contributed by atoms with van der Waals surface area (Å²) in [6.07, 6.45) is 6.05. The van der Waals surface area contributed by atoms with Crippen LogP contribution in [0.2, 0.25) is 0 Å². The monoisotopic (exact) mass is 327 g/mol. The van der Waals surface area contributed by atoms with Crippen LogP contribution in [-0.4, -0.2) is 33.4 Å². The summed E-state index contributed by atoms with van der Waals surface area (Å²) in [5.74, 6) is 5.07. The highest BCUT2D eigenvalue weighted by Gasteiger charge is 2.34. The van der Waals surface area contributed by atoms with E-state index in [0.717, 1.165) is 24.7 Å². The van der Waals surface area contributed by atoms with Crippen molar-refractivity contribution in [2.45, 2.75) is 55.4 Å². The Kier molecular flexibility index (Phi) is 5.51. The van der Waals surface area contributed by atoms with Gasteiger partial charge in [-0.25, -0.2) is 0 Å². The molecule has 4 atom stereocenters. The van der Waals surface area contributed by atoms with Gasteiger partial charge in [-0.1, -0.05) is 24.9 Å². The molecule has 6 heteroatoms. The molecule has 0 bridgehead atoms. The number of aromatic nitrogens is 2. The molecular weight excluding hydrogens is 302 g/mol. The first-order chi connectivity index (χ1) is 10.3. The van der Waals surface area contributed by atoms with Gasteiger partial charge in [0.2, 0.25) is 5.89 Å². The van der Waals surface area contributed by atoms with Gasteiger partial charge in [0.1, 0.15) is 0 Å². The Morgan fingerprint density at radius 2 is 2.05 bits per heavy atom. The predicted octanol–water partition coefficient (Wildman–Crippen LogP) is 3.60. The van der Waals surface area contributed by atoms with Gasteiger partial charge < -0.3 is 10.3 Å².